The van der Waals surface area contributed by atoms with Gasteiger partial charge in [-0.1, -0.05) is 36.5 Å². The molecule has 1 atom stereocenters. The Labute approximate surface area is 116 Å². The Bertz CT molecular complexity index is 438. The van der Waals surface area contributed by atoms with E-state index in [9.17, 15) is 9.90 Å². The van der Waals surface area contributed by atoms with Crippen LogP contribution in [0, 0.1) is 0 Å². The molecule has 0 bridgehead atoms. The van der Waals surface area contributed by atoms with Crippen LogP contribution in [-0.2, 0) is 4.79 Å². The molecule has 6 heteroatoms. The first-order valence-corrected chi connectivity index (χ1v) is 6.32. The number of anilines is 1. The second-order valence-electron chi connectivity index (χ2n) is 4.41. The number of benzene rings is 1. The largest absolute Gasteiger partial charge is 0.505 e. The van der Waals surface area contributed by atoms with Crippen molar-refractivity contribution < 1.29 is 9.90 Å². The molecule has 0 fully saturated rings. The van der Waals surface area contributed by atoms with E-state index in [1.54, 1.807) is 6.92 Å². The van der Waals surface area contributed by atoms with E-state index in [4.69, 9.17) is 28.9 Å². The number of halogens is 2. The number of nitrogens with one attached hydrogen (secondary N) is 1. The summed E-state index contributed by atoms with van der Waals surface area (Å²) in [6.07, 6.45) is 1.37. The Balaban J connectivity index is 2.89. The maximum absolute atomic E-state index is 11.9. The normalized spacial score (nSPS) is 14.1. The third kappa shape index (κ3) is 3.51. The van der Waals surface area contributed by atoms with E-state index in [0.29, 0.717) is 12.1 Å². The highest BCUT2D eigenvalue weighted by Gasteiger charge is 2.27. The highest BCUT2D eigenvalue weighted by Crippen LogP contribution is 2.34. The molecule has 100 valence electrons. The number of phenols is 1. The van der Waals surface area contributed by atoms with Crippen molar-refractivity contribution >= 4 is 34.8 Å². The fraction of sp³-hybridized carbons (Fsp3) is 0.417. The fourth-order valence-corrected chi connectivity index (χ4v) is 2.03. The molecule has 0 saturated heterocycles. The minimum atomic E-state index is -0.953. The molecule has 0 aliphatic carbocycles. The van der Waals surface area contributed by atoms with Gasteiger partial charge in [0.2, 0.25) is 5.91 Å². The first-order chi connectivity index (χ1) is 8.27. The van der Waals surface area contributed by atoms with Gasteiger partial charge in [0, 0.05) is 5.69 Å². The Morgan fingerprint density at radius 1 is 1.44 bits per heavy atom. The Kier molecular flexibility index (Phi) is 4.85. The number of hydrogen-bond acceptors (Lipinski definition) is 3. The smallest absolute Gasteiger partial charge is 0.244 e. The van der Waals surface area contributed by atoms with Gasteiger partial charge in [-0.2, -0.15) is 0 Å². The summed E-state index contributed by atoms with van der Waals surface area (Å²) in [5.41, 5.74) is 5.35. The molecule has 0 spiro atoms. The lowest BCUT2D eigenvalue weighted by molar-refractivity contribution is -0.120. The van der Waals surface area contributed by atoms with E-state index in [-0.39, 0.29) is 21.7 Å². The Morgan fingerprint density at radius 2 is 1.94 bits per heavy atom. The average molecular weight is 291 g/mol. The van der Waals surface area contributed by atoms with Gasteiger partial charge in [-0.05, 0) is 25.5 Å². The van der Waals surface area contributed by atoms with Crippen molar-refractivity contribution in [3.63, 3.8) is 0 Å². The van der Waals surface area contributed by atoms with E-state index in [2.05, 4.69) is 5.32 Å². The van der Waals surface area contributed by atoms with Crippen LogP contribution in [0.25, 0.3) is 0 Å². The molecule has 1 unspecified atom stereocenters. The summed E-state index contributed by atoms with van der Waals surface area (Å²) in [6, 6.07) is 2.84. The molecule has 0 aliphatic heterocycles. The molecule has 18 heavy (non-hydrogen) atoms. The second kappa shape index (κ2) is 5.78. The van der Waals surface area contributed by atoms with Gasteiger partial charge >= 0.3 is 0 Å². The number of nitrogens with two attached hydrogens (primary N) is 1. The molecule has 0 saturated carbocycles. The molecule has 0 aromatic heterocycles. The fourth-order valence-electron chi connectivity index (χ4n) is 1.54. The summed E-state index contributed by atoms with van der Waals surface area (Å²) < 4.78 is 0. The van der Waals surface area contributed by atoms with Crippen LogP contribution >= 0.6 is 23.2 Å². The van der Waals surface area contributed by atoms with Gasteiger partial charge in [-0.25, -0.2) is 0 Å². The van der Waals surface area contributed by atoms with Crippen LogP contribution in [0.3, 0.4) is 0 Å². The van der Waals surface area contributed by atoms with E-state index in [1.165, 1.54) is 12.1 Å². The molecule has 1 amide bonds. The number of amides is 1. The van der Waals surface area contributed by atoms with Crippen LogP contribution in [0.5, 0.6) is 5.75 Å². The van der Waals surface area contributed by atoms with Crippen molar-refractivity contribution in [2.45, 2.75) is 32.2 Å². The van der Waals surface area contributed by atoms with E-state index >= 15 is 0 Å². The Hall–Kier alpha value is -0.970. The zero-order valence-electron chi connectivity index (χ0n) is 10.3. The average Bonchev–Trinajstić information content (AvgIpc) is 2.25. The van der Waals surface area contributed by atoms with Crippen LogP contribution in [0.15, 0.2) is 12.1 Å². The zero-order valence-corrected chi connectivity index (χ0v) is 11.8. The quantitative estimate of drug-likeness (QED) is 0.746. The SMILES string of the molecule is CCCC(C)(N)C(=O)Nc1cc(Cl)c(O)c(Cl)c1. The summed E-state index contributed by atoms with van der Waals surface area (Å²) in [5, 5.41) is 12.2. The maximum Gasteiger partial charge on any atom is 0.244 e. The minimum absolute atomic E-state index is 0.0759. The number of rotatable bonds is 4. The Morgan fingerprint density at radius 3 is 2.39 bits per heavy atom. The molecular weight excluding hydrogens is 275 g/mol. The molecule has 0 heterocycles. The molecule has 0 radical (unpaired) electrons. The number of hydrogen-bond donors (Lipinski definition) is 3. The number of phenolic OH excluding ortho intramolecular Hbond substituents is 1. The lowest BCUT2D eigenvalue weighted by atomic mass is 9.96. The highest BCUT2D eigenvalue weighted by atomic mass is 35.5. The molecular formula is C12H16Cl2N2O2. The lowest BCUT2D eigenvalue weighted by Gasteiger charge is -2.23. The van der Waals surface area contributed by atoms with E-state index in [0.717, 1.165) is 6.42 Å². The maximum atomic E-state index is 11.9. The van der Waals surface area contributed by atoms with Gasteiger partial charge in [-0.15, -0.1) is 0 Å². The molecule has 4 nitrogen and oxygen atoms in total. The standard InChI is InChI=1S/C12H16Cl2N2O2/c1-3-4-12(2,15)11(18)16-7-5-8(13)10(17)9(14)6-7/h5-6,17H,3-4,15H2,1-2H3,(H,16,18). The predicted octanol–water partition coefficient (Wildman–Crippen LogP) is 3.16. The molecule has 1 aromatic rings. The van der Waals surface area contributed by atoms with Crippen LogP contribution < -0.4 is 11.1 Å². The number of aromatic hydroxyl groups is 1. The van der Waals surface area contributed by atoms with Crippen LogP contribution in [0.1, 0.15) is 26.7 Å². The van der Waals surface area contributed by atoms with Gasteiger partial charge in [0.25, 0.3) is 0 Å². The summed E-state index contributed by atoms with van der Waals surface area (Å²) in [6.45, 7) is 3.61. The zero-order chi connectivity index (χ0) is 13.9. The summed E-state index contributed by atoms with van der Waals surface area (Å²) in [5.74, 6) is -0.525. The summed E-state index contributed by atoms with van der Waals surface area (Å²) in [7, 11) is 0. The summed E-state index contributed by atoms with van der Waals surface area (Å²) >= 11 is 11.5. The van der Waals surface area contributed by atoms with Crippen molar-refractivity contribution in [2.75, 3.05) is 5.32 Å². The van der Waals surface area contributed by atoms with Crippen LogP contribution in [-0.4, -0.2) is 16.6 Å². The lowest BCUT2D eigenvalue weighted by Crippen LogP contribution is -2.48. The van der Waals surface area contributed by atoms with Crippen molar-refractivity contribution in [3.8, 4) is 5.75 Å². The topological polar surface area (TPSA) is 75.4 Å². The minimum Gasteiger partial charge on any atom is -0.505 e. The van der Waals surface area contributed by atoms with Crippen molar-refractivity contribution in [2.24, 2.45) is 5.73 Å². The predicted molar refractivity (Wildman–Crippen MR) is 74.3 cm³/mol. The second-order valence-corrected chi connectivity index (χ2v) is 5.22. The van der Waals surface area contributed by atoms with Gasteiger partial charge in [0.1, 0.15) is 0 Å². The summed E-state index contributed by atoms with van der Waals surface area (Å²) in [4.78, 5) is 11.9. The van der Waals surface area contributed by atoms with Crippen molar-refractivity contribution in [1.29, 1.82) is 0 Å². The van der Waals surface area contributed by atoms with Gasteiger partial charge in [0.05, 0.1) is 15.6 Å². The monoisotopic (exact) mass is 290 g/mol. The van der Waals surface area contributed by atoms with Gasteiger partial charge in [0.15, 0.2) is 5.75 Å². The molecule has 0 aliphatic rings. The van der Waals surface area contributed by atoms with Crippen molar-refractivity contribution in [3.05, 3.63) is 22.2 Å². The van der Waals surface area contributed by atoms with Gasteiger partial charge in [-0.3, -0.25) is 4.79 Å². The first-order valence-electron chi connectivity index (χ1n) is 5.56. The van der Waals surface area contributed by atoms with E-state index < -0.39 is 5.54 Å². The van der Waals surface area contributed by atoms with E-state index in [1.807, 2.05) is 6.92 Å². The highest BCUT2D eigenvalue weighted by molar-refractivity contribution is 6.37. The third-order valence-electron chi connectivity index (χ3n) is 2.56. The molecule has 1 aromatic carbocycles. The van der Waals surface area contributed by atoms with Crippen molar-refractivity contribution in [1.82, 2.24) is 0 Å². The molecule has 4 N–H and O–H groups in total. The molecule has 1 rings (SSSR count). The third-order valence-corrected chi connectivity index (χ3v) is 3.14. The van der Waals surface area contributed by atoms with Crippen LogP contribution in [0.2, 0.25) is 10.0 Å². The number of carbonyl (C=O) groups excluding carboxylic acids is 1. The first kappa shape index (κ1) is 15.1. The van der Waals surface area contributed by atoms with Gasteiger partial charge < -0.3 is 16.2 Å². The number of carbonyl (C=O) groups is 1. The van der Waals surface area contributed by atoms with Crippen LogP contribution in [0.4, 0.5) is 5.69 Å².